The van der Waals surface area contributed by atoms with E-state index in [0.29, 0.717) is 13.2 Å². The van der Waals surface area contributed by atoms with Crippen LogP contribution in [0.15, 0.2) is 18.2 Å². The summed E-state index contributed by atoms with van der Waals surface area (Å²) in [5.41, 5.74) is -0.192. The van der Waals surface area contributed by atoms with Gasteiger partial charge in [-0.3, -0.25) is 0 Å². The van der Waals surface area contributed by atoms with Crippen LogP contribution < -0.4 is 5.32 Å². The molecule has 0 spiro atoms. The second-order valence-corrected chi connectivity index (χ2v) is 4.84. The number of carboxylic acids is 1. The standard InChI is InChI=1S/C14H17FN2O4/c1-21-7-6-17(10-3-4-10)14(20)16-12-5-2-9(15)8-11(12)13(18)19/h2,5,8,10H,3-4,6-7H2,1H3,(H,16,20)(H,18,19). The first kappa shape index (κ1) is 15.2. The summed E-state index contributed by atoms with van der Waals surface area (Å²) in [6.45, 7) is 0.829. The van der Waals surface area contributed by atoms with Crippen molar-refractivity contribution in [1.29, 1.82) is 0 Å². The number of rotatable bonds is 6. The molecule has 0 bridgehead atoms. The predicted octanol–water partition coefficient (Wildman–Crippen LogP) is 2.17. The van der Waals surface area contributed by atoms with Gasteiger partial charge in [-0.25, -0.2) is 14.0 Å². The highest BCUT2D eigenvalue weighted by Gasteiger charge is 2.32. The van der Waals surface area contributed by atoms with Crippen molar-refractivity contribution in [2.45, 2.75) is 18.9 Å². The number of nitrogens with zero attached hydrogens (tertiary/aromatic N) is 1. The Hall–Kier alpha value is -2.15. The van der Waals surface area contributed by atoms with Crippen LogP contribution in [0.25, 0.3) is 0 Å². The Morgan fingerprint density at radius 3 is 2.76 bits per heavy atom. The first-order chi connectivity index (χ1) is 10.0. The van der Waals surface area contributed by atoms with Crippen LogP contribution >= 0.6 is 0 Å². The van der Waals surface area contributed by atoms with E-state index in [2.05, 4.69) is 5.32 Å². The molecule has 0 radical (unpaired) electrons. The number of benzene rings is 1. The quantitative estimate of drug-likeness (QED) is 0.843. The van der Waals surface area contributed by atoms with Gasteiger partial charge in [0.1, 0.15) is 5.82 Å². The average molecular weight is 296 g/mol. The third-order valence-corrected chi connectivity index (χ3v) is 3.24. The van der Waals surface area contributed by atoms with Crippen LogP contribution in [0, 0.1) is 5.82 Å². The highest BCUT2D eigenvalue weighted by molar-refractivity contribution is 6.00. The zero-order valence-corrected chi connectivity index (χ0v) is 11.6. The lowest BCUT2D eigenvalue weighted by Gasteiger charge is -2.23. The Morgan fingerprint density at radius 1 is 1.48 bits per heavy atom. The Labute approximate surface area is 121 Å². The number of halogens is 1. The first-order valence-electron chi connectivity index (χ1n) is 6.62. The molecule has 2 rings (SSSR count). The summed E-state index contributed by atoms with van der Waals surface area (Å²) in [5, 5.41) is 11.6. The van der Waals surface area contributed by atoms with Crippen molar-refractivity contribution in [3.8, 4) is 0 Å². The predicted molar refractivity (Wildman–Crippen MR) is 74.0 cm³/mol. The lowest BCUT2D eigenvalue weighted by Crippen LogP contribution is -2.39. The summed E-state index contributed by atoms with van der Waals surface area (Å²) < 4.78 is 18.1. The second kappa shape index (κ2) is 6.53. The number of aromatic carboxylic acids is 1. The van der Waals surface area contributed by atoms with Gasteiger partial charge >= 0.3 is 12.0 Å². The van der Waals surface area contributed by atoms with Crippen LogP contribution in [-0.4, -0.2) is 48.3 Å². The summed E-state index contributed by atoms with van der Waals surface area (Å²) in [4.78, 5) is 24.9. The van der Waals surface area contributed by atoms with Gasteiger partial charge in [-0.1, -0.05) is 0 Å². The van der Waals surface area contributed by atoms with Gasteiger partial charge in [0, 0.05) is 19.7 Å². The van der Waals surface area contributed by atoms with Gasteiger partial charge in [-0.15, -0.1) is 0 Å². The van der Waals surface area contributed by atoms with Crippen molar-refractivity contribution in [1.82, 2.24) is 4.90 Å². The molecule has 7 heteroatoms. The van der Waals surface area contributed by atoms with Crippen LogP contribution in [0.5, 0.6) is 0 Å². The fraction of sp³-hybridized carbons (Fsp3) is 0.429. The van der Waals surface area contributed by atoms with Gasteiger partial charge in [-0.05, 0) is 31.0 Å². The summed E-state index contributed by atoms with van der Waals surface area (Å²) in [6, 6.07) is 3.00. The number of anilines is 1. The molecule has 0 atom stereocenters. The third kappa shape index (κ3) is 3.91. The van der Waals surface area contributed by atoms with Crippen LogP contribution in [0.1, 0.15) is 23.2 Å². The molecule has 114 valence electrons. The lowest BCUT2D eigenvalue weighted by molar-refractivity contribution is 0.0697. The van der Waals surface area contributed by atoms with Crippen molar-refractivity contribution in [3.63, 3.8) is 0 Å². The summed E-state index contributed by atoms with van der Waals surface area (Å²) in [5.74, 6) is -1.96. The molecule has 6 nitrogen and oxygen atoms in total. The monoisotopic (exact) mass is 296 g/mol. The Kier molecular flexibility index (Phi) is 4.74. The molecule has 1 aromatic rings. The van der Waals surface area contributed by atoms with Crippen LogP contribution in [0.4, 0.5) is 14.9 Å². The van der Waals surface area contributed by atoms with Gasteiger partial charge in [-0.2, -0.15) is 0 Å². The molecule has 1 saturated carbocycles. The highest BCUT2D eigenvalue weighted by atomic mass is 19.1. The van der Waals surface area contributed by atoms with Crippen molar-refractivity contribution >= 4 is 17.7 Å². The number of amides is 2. The number of carbonyl (C=O) groups excluding carboxylic acids is 1. The van der Waals surface area contributed by atoms with Crippen LogP contribution in [-0.2, 0) is 4.74 Å². The van der Waals surface area contributed by atoms with Crippen molar-refractivity contribution in [2.75, 3.05) is 25.6 Å². The number of carboxylic acid groups (broad SMARTS) is 1. The number of hydrogen-bond donors (Lipinski definition) is 2. The van der Waals surface area contributed by atoms with E-state index in [9.17, 15) is 14.0 Å². The smallest absolute Gasteiger partial charge is 0.337 e. The fourth-order valence-electron chi connectivity index (χ4n) is 2.02. The summed E-state index contributed by atoms with van der Waals surface area (Å²) in [7, 11) is 1.55. The average Bonchev–Trinajstić information content (AvgIpc) is 3.25. The molecule has 0 unspecified atom stereocenters. The largest absolute Gasteiger partial charge is 0.478 e. The number of urea groups is 1. The number of ether oxygens (including phenoxy) is 1. The van der Waals surface area contributed by atoms with Gasteiger partial charge in [0.2, 0.25) is 0 Å². The highest BCUT2D eigenvalue weighted by Crippen LogP contribution is 2.27. The van der Waals surface area contributed by atoms with Crippen molar-refractivity contribution < 1.29 is 23.8 Å². The molecular formula is C14H17FN2O4. The first-order valence-corrected chi connectivity index (χ1v) is 6.62. The van der Waals surface area contributed by atoms with E-state index in [1.54, 1.807) is 12.0 Å². The SMILES string of the molecule is COCCN(C(=O)Nc1ccc(F)cc1C(=O)O)C1CC1. The van der Waals surface area contributed by atoms with Crippen LogP contribution in [0.2, 0.25) is 0 Å². The second-order valence-electron chi connectivity index (χ2n) is 4.84. The molecule has 21 heavy (non-hydrogen) atoms. The van der Waals surface area contributed by atoms with Gasteiger partial charge in [0.15, 0.2) is 0 Å². The van der Waals surface area contributed by atoms with E-state index in [4.69, 9.17) is 9.84 Å². The Morgan fingerprint density at radius 2 is 2.19 bits per heavy atom. The maximum absolute atomic E-state index is 13.1. The molecule has 1 fully saturated rings. The molecule has 2 amide bonds. The van der Waals surface area contributed by atoms with Crippen molar-refractivity contribution in [3.05, 3.63) is 29.6 Å². The molecule has 1 aromatic carbocycles. The zero-order chi connectivity index (χ0) is 15.4. The lowest BCUT2D eigenvalue weighted by atomic mass is 10.1. The number of hydrogen-bond acceptors (Lipinski definition) is 3. The fourth-order valence-corrected chi connectivity index (χ4v) is 2.02. The molecule has 1 aliphatic carbocycles. The minimum absolute atomic E-state index is 0.0805. The maximum atomic E-state index is 13.1. The van der Waals surface area contributed by atoms with Gasteiger partial charge < -0.3 is 20.1 Å². The maximum Gasteiger partial charge on any atom is 0.337 e. The van der Waals surface area contributed by atoms with E-state index in [1.165, 1.54) is 6.07 Å². The Balaban J connectivity index is 2.12. The summed E-state index contributed by atoms with van der Waals surface area (Å²) >= 11 is 0. The normalized spacial score (nSPS) is 13.8. The van der Waals surface area contributed by atoms with E-state index < -0.39 is 17.8 Å². The molecular weight excluding hydrogens is 279 g/mol. The van der Waals surface area contributed by atoms with Gasteiger partial charge in [0.05, 0.1) is 17.9 Å². The minimum atomic E-state index is -1.29. The number of nitrogens with one attached hydrogen (secondary N) is 1. The van der Waals surface area contributed by atoms with E-state index in [1.807, 2.05) is 0 Å². The molecule has 2 N–H and O–H groups in total. The van der Waals surface area contributed by atoms with Gasteiger partial charge in [0.25, 0.3) is 0 Å². The van der Waals surface area contributed by atoms with E-state index in [-0.39, 0.29) is 17.3 Å². The molecule has 1 aliphatic rings. The van der Waals surface area contributed by atoms with Crippen LogP contribution in [0.3, 0.4) is 0 Å². The number of methoxy groups -OCH3 is 1. The third-order valence-electron chi connectivity index (χ3n) is 3.24. The number of carbonyl (C=O) groups is 2. The van der Waals surface area contributed by atoms with E-state index in [0.717, 1.165) is 25.0 Å². The zero-order valence-electron chi connectivity index (χ0n) is 11.6. The van der Waals surface area contributed by atoms with Crippen molar-refractivity contribution in [2.24, 2.45) is 0 Å². The van der Waals surface area contributed by atoms with E-state index >= 15 is 0 Å². The topological polar surface area (TPSA) is 78.9 Å². The molecule has 0 aliphatic heterocycles. The molecule has 0 aromatic heterocycles. The minimum Gasteiger partial charge on any atom is -0.478 e. The molecule has 0 saturated heterocycles. The Bertz CT molecular complexity index is 546. The summed E-state index contributed by atoms with van der Waals surface area (Å²) in [6.07, 6.45) is 1.85. The molecule has 0 heterocycles.